The van der Waals surface area contributed by atoms with Gasteiger partial charge in [-0.05, 0) is 37.0 Å². The summed E-state index contributed by atoms with van der Waals surface area (Å²) in [6.07, 6.45) is 6.67. The molecule has 0 atom stereocenters. The molecule has 1 aromatic carbocycles. The molecule has 0 saturated heterocycles. The fraction of sp³-hybridized carbons (Fsp3) is 0.571. The molecule has 2 nitrogen and oxygen atoms in total. The van der Waals surface area contributed by atoms with Crippen LogP contribution < -0.4 is 11.1 Å². The second-order valence-electron chi connectivity index (χ2n) is 5.05. The standard InChI is InChI=1S/C14H21FN2/c1-10-8-14(13(16)9-12(10)15)17-7-6-11-4-2-3-5-11/h8-9,11,17H,2-7,16H2,1H3. The van der Waals surface area contributed by atoms with E-state index in [1.807, 2.05) is 0 Å². The molecule has 0 aliphatic heterocycles. The third-order valence-corrected chi connectivity index (χ3v) is 3.67. The Balaban J connectivity index is 1.87. The van der Waals surface area contributed by atoms with Gasteiger partial charge in [0, 0.05) is 6.54 Å². The number of aryl methyl sites for hydroxylation is 1. The van der Waals surface area contributed by atoms with Gasteiger partial charge in [0.2, 0.25) is 0 Å². The lowest BCUT2D eigenvalue weighted by Crippen LogP contribution is -2.08. The molecule has 0 radical (unpaired) electrons. The van der Waals surface area contributed by atoms with E-state index in [-0.39, 0.29) is 5.82 Å². The van der Waals surface area contributed by atoms with Gasteiger partial charge in [0.25, 0.3) is 0 Å². The van der Waals surface area contributed by atoms with Crippen molar-refractivity contribution in [1.82, 2.24) is 0 Å². The summed E-state index contributed by atoms with van der Waals surface area (Å²) in [6, 6.07) is 3.19. The zero-order valence-electron chi connectivity index (χ0n) is 10.4. The first kappa shape index (κ1) is 12.2. The van der Waals surface area contributed by atoms with Crippen molar-refractivity contribution in [3.8, 4) is 0 Å². The average Bonchev–Trinajstić information content (AvgIpc) is 2.78. The van der Waals surface area contributed by atoms with E-state index in [1.54, 1.807) is 13.0 Å². The molecule has 1 aromatic rings. The minimum atomic E-state index is -0.233. The molecule has 0 amide bonds. The van der Waals surface area contributed by atoms with Crippen molar-refractivity contribution in [3.05, 3.63) is 23.5 Å². The number of hydrogen-bond donors (Lipinski definition) is 2. The Bertz CT molecular complexity index is 384. The van der Waals surface area contributed by atoms with Gasteiger partial charge in [-0.1, -0.05) is 25.7 Å². The van der Waals surface area contributed by atoms with Crippen LogP contribution in [0, 0.1) is 18.7 Å². The molecule has 0 spiro atoms. The van der Waals surface area contributed by atoms with Gasteiger partial charge in [-0.25, -0.2) is 4.39 Å². The third-order valence-electron chi connectivity index (χ3n) is 3.67. The highest BCUT2D eigenvalue weighted by Crippen LogP contribution is 2.28. The molecule has 0 aromatic heterocycles. The first-order valence-electron chi connectivity index (χ1n) is 6.46. The lowest BCUT2D eigenvalue weighted by Gasteiger charge is -2.13. The number of benzene rings is 1. The summed E-state index contributed by atoms with van der Waals surface area (Å²) < 4.78 is 13.2. The van der Waals surface area contributed by atoms with E-state index < -0.39 is 0 Å². The van der Waals surface area contributed by atoms with Crippen LogP contribution in [0.15, 0.2) is 12.1 Å². The van der Waals surface area contributed by atoms with Crippen LogP contribution in [0.5, 0.6) is 0 Å². The van der Waals surface area contributed by atoms with Crippen molar-refractivity contribution in [2.75, 3.05) is 17.6 Å². The Morgan fingerprint density at radius 1 is 1.35 bits per heavy atom. The van der Waals surface area contributed by atoms with E-state index in [0.29, 0.717) is 11.3 Å². The molecule has 17 heavy (non-hydrogen) atoms. The zero-order chi connectivity index (χ0) is 12.3. The van der Waals surface area contributed by atoms with Crippen LogP contribution in [0.3, 0.4) is 0 Å². The van der Waals surface area contributed by atoms with Gasteiger partial charge in [-0.3, -0.25) is 0 Å². The molecule has 0 bridgehead atoms. The van der Waals surface area contributed by atoms with Crippen molar-refractivity contribution in [1.29, 1.82) is 0 Å². The summed E-state index contributed by atoms with van der Waals surface area (Å²) in [4.78, 5) is 0. The summed E-state index contributed by atoms with van der Waals surface area (Å²) in [5, 5.41) is 3.32. The molecule has 1 aliphatic rings. The van der Waals surface area contributed by atoms with Crippen molar-refractivity contribution in [2.45, 2.75) is 39.0 Å². The van der Waals surface area contributed by atoms with Crippen molar-refractivity contribution < 1.29 is 4.39 Å². The predicted octanol–water partition coefficient (Wildman–Crippen LogP) is 3.71. The first-order chi connectivity index (χ1) is 8.16. The number of hydrogen-bond acceptors (Lipinski definition) is 2. The average molecular weight is 236 g/mol. The Morgan fingerprint density at radius 2 is 2.06 bits per heavy atom. The molecule has 2 rings (SSSR count). The number of rotatable bonds is 4. The smallest absolute Gasteiger partial charge is 0.128 e. The van der Waals surface area contributed by atoms with Gasteiger partial charge in [-0.15, -0.1) is 0 Å². The molecule has 94 valence electrons. The van der Waals surface area contributed by atoms with Gasteiger partial charge in [-0.2, -0.15) is 0 Å². The molecule has 3 N–H and O–H groups in total. The Kier molecular flexibility index (Phi) is 3.87. The highest BCUT2D eigenvalue weighted by molar-refractivity contribution is 5.67. The lowest BCUT2D eigenvalue weighted by atomic mass is 10.0. The van der Waals surface area contributed by atoms with Crippen LogP contribution in [0.2, 0.25) is 0 Å². The molecule has 0 heterocycles. The highest BCUT2D eigenvalue weighted by Gasteiger charge is 2.14. The summed E-state index contributed by atoms with van der Waals surface area (Å²) in [6.45, 7) is 2.69. The topological polar surface area (TPSA) is 38.0 Å². The molecule has 0 unspecified atom stereocenters. The van der Waals surface area contributed by atoms with Crippen LogP contribution in [0.4, 0.5) is 15.8 Å². The Morgan fingerprint density at radius 3 is 2.76 bits per heavy atom. The number of nitrogens with two attached hydrogens (primary N) is 1. The van der Waals surface area contributed by atoms with Crippen molar-refractivity contribution in [3.63, 3.8) is 0 Å². The summed E-state index contributed by atoms with van der Waals surface area (Å²) in [5.41, 5.74) is 7.79. The Labute approximate surface area is 102 Å². The van der Waals surface area contributed by atoms with E-state index in [2.05, 4.69) is 5.32 Å². The fourth-order valence-corrected chi connectivity index (χ4v) is 2.56. The van der Waals surface area contributed by atoms with Gasteiger partial charge in [0.15, 0.2) is 0 Å². The highest BCUT2D eigenvalue weighted by atomic mass is 19.1. The maximum absolute atomic E-state index is 13.2. The number of anilines is 2. The van der Waals surface area contributed by atoms with Crippen LogP contribution >= 0.6 is 0 Å². The van der Waals surface area contributed by atoms with Gasteiger partial charge < -0.3 is 11.1 Å². The summed E-state index contributed by atoms with van der Waals surface area (Å²) in [7, 11) is 0. The molecular formula is C14H21FN2. The van der Waals surface area contributed by atoms with Crippen molar-refractivity contribution in [2.24, 2.45) is 5.92 Å². The van der Waals surface area contributed by atoms with Gasteiger partial charge >= 0.3 is 0 Å². The summed E-state index contributed by atoms with van der Waals surface area (Å²) >= 11 is 0. The second kappa shape index (κ2) is 5.39. The second-order valence-corrected chi connectivity index (χ2v) is 5.05. The number of nitrogens with one attached hydrogen (secondary N) is 1. The monoisotopic (exact) mass is 236 g/mol. The maximum Gasteiger partial charge on any atom is 0.128 e. The Hall–Kier alpha value is -1.25. The molecule has 1 saturated carbocycles. The van der Waals surface area contributed by atoms with Crippen LogP contribution in [-0.2, 0) is 0 Å². The quantitative estimate of drug-likeness (QED) is 0.782. The minimum absolute atomic E-state index is 0.233. The van der Waals surface area contributed by atoms with E-state index in [1.165, 1.54) is 38.2 Å². The summed E-state index contributed by atoms with van der Waals surface area (Å²) in [5.74, 6) is 0.633. The van der Waals surface area contributed by atoms with Crippen LogP contribution in [0.25, 0.3) is 0 Å². The lowest BCUT2D eigenvalue weighted by molar-refractivity contribution is 0.518. The van der Waals surface area contributed by atoms with Crippen LogP contribution in [0.1, 0.15) is 37.7 Å². The van der Waals surface area contributed by atoms with E-state index in [0.717, 1.165) is 18.2 Å². The minimum Gasteiger partial charge on any atom is -0.397 e. The molecule has 1 fully saturated rings. The molecule has 3 heteroatoms. The SMILES string of the molecule is Cc1cc(NCCC2CCCC2)c(N)cc1F. The van der Waals surface area contributed by atoms with E-state index in [9.17, 15) is 4.39 Å². The normalized spacial score (nSPS) is 16.4. The van der Waals surface area contributed by atoms with Gasteiger partial charge in [0.1, 0.15) is 5.82 Å². The van der Waals surface area contributed by atoms with Gasteiger partial charge in [0.05, 0.1) is 11.4 Å². The number of halogens is 1. The first-order valence-corrected chi connectivity index (χ1v) is 6.46. The molecular weight excluding hydrogens is 215 g/mol. The predicted molar refractivity (Wildman–Crippen MR) is 70.6 cm³/mol. The van der Waals surface area contributed by atoms with E-state index >= 15 is 0 Å². The maximum atomic E-state index is 13.2. The van der Waals surface area contributed by atoms with E-state index in [4.69, 9.17) is 5.73 Å². The zero-order valence-corrected chi connectivity index (χ0v) is 10.4. The largest absolute Gasteiger partial charge is 0.397 e. The fourth-order valence-electron chi connectivity index (χ4n) is 2.56. The number of nitrogen functional groups attached to an aromatic ring is 1. The van der Waals surface area contributed by atoms with Crippen molar-refractivity contribution >= 4 is 11.4 Å². The third kappa shape index (κ3) is 3.11. The van der Waals surface area contributed by atoms with Crippen LogP contribution in [-0.4, -0.2) is 6.54 Å². The molecule has 1 aliphatic carbocycles.